The molecule has 0 aromatic heterocycles. The van der Waals surface area contributed by atoms with Crippen LogP contribution in [0.4, 0.5) is 0 Å². The highest BCUT2D eigenvalue weighted by Gasteiger charge is 2.73. The first-order valence-corrected chi connectivity index (χ1v) is 5.06. The van der Waals surface area contributed by atoms with E-state index in [0.717, 1.165) is 0 Å². The minimum atomic E-state index is 0.0567. The third kappa shape index (κ3) is 0.481. The molecule has 4 atom stereocenters. The maximum absolute atomic E-state index is 4.52. The molecule has 2 heteroatoms. The summed E-state index contributed by atoms with van der Waals surface area (Å²) >= 11 is 0. The van der Waals surface area contributed by atoms with Gasteiger partial charge in [0.05, 0.1) is 11.1 Å². The Morgan fingerprint density at radius 3 is 1.46 bits per heavy atom. The van der Waals surface area contributed by atoms with E-state index in [2.05, 4.69) is 50.1 Å². The lowest BCUT2D eigenvalue weighted by molar-refractivity contribution is 0.186. The number of azo groups is 1. The predicted molar refractivity (Wildman–Crippen MR) is 51.6 cm³/mol. The summed E-state index contributed by atoms with van der Waals surface area (Å²) in [6.07, 6.45) is 4.63. The first kappa shape index (κ1) is 7.72. The molecular formula is C11H16N2. The summed E-state index contributed by atoms with van der Waals surface area (Å²) in [5.74, 6) is 1.29. The van der Waals surface area contributed by atoms with Gasteiger partial charge in [0, 0.05) is 17.3 Å². The van der Waals surface area contributed by atoms with Gasteiger partial charge in [0.15, 0.2) is 0 Å². The third-order valence-corrected chi connectivity index (χ3v) is 5.21. The van der Waals surface area contributed by atoms with Crippen LogP contribution in [0.2, 0.25) is 0 Å². The Morgan fingerprint density at radius 1 is 0.846 bits per heavy atom. The molecule has 1 aliphatic heterocycles. The van der Waals surface area contributed by atoms with E-state index in [0.29, 0.717) is 11.8 Å². The van der Waals surface area contributed by atoms with Crippen molar-refractivity contribution < 1.29 is 0 Å². The lowest BCUT2D eigenvalue weighted by Crippen LogP contribution is -2.43. The molecule has 0 aromatic rings. The molecule has 70 valence electrons. The summed E-state index contributed by atoms with van der Waals surface area (Å²) in [4.78, 5) is 0. The monoisotopic (exact) mass is 176 g/mol. The van der Waals surface area contributed by atoms with Gasteiger partial charge in [0.1, 0.15) is 0 Å². The van der Waals surface area contributed by atoms with Gasteiger partial charge < -0.3 is 0 Å². The van der Waals surface area contributed by atoms with Crippen LogP contribution in [-0.4, -0.2) is 11.1 Å². The first-order chi connectivity index (χ1) is 5.93. The second-order valence-corrected chi connectivity index (χ2v) is 5.56. The van der Waals surface area contributed by atoms with Gasteiger partial charge in [0.2, 0.25) is 0 Å². The number of rotatable bonds is 0. The van der Waals surface area contributed by atoms with Crippen LogP contribution >= 0.6 is 0 Å². The number of fused-ring (bicyclic) bond motifs is 5. The minimum Gasteiger partial charge on any atom is -0.186 e. The van der Waals surface area contributed by atoms with Gasteiger partial charge in [-0.2, -0.15) is 10.2 Å². The second kappa shape index (κ2) is 1.62. The van der Waals surface area contributed by atoms with E-state index in [1.807, 2.05) is 0 Å². The zero-order valence-corrected chi connectivity index (χ0v) is 8.70. The second-order valence-electron chi connectivity index (χ2n) is 5.56. The van der Waals surface area contributed by atoms with Crippen molar-refractivity contribution in [1.82, 2.24) is 0 Å². The quantitative estimate of drug-likeness (QED) is 0.507. The lowest BCUT2D eigenvalue weighted by Gasteiger charge is -2.36. The van der Waals surface area contributed by atoms with Crippen molar-refractivity contribution in [2.45, 2.75) is 38.8 Å². The van der Waals surface area contributed by atoms with E-state index in [4.69, 9.17) is 0 Å². The van der Waals surface area contributed by atoms with Crippen molar-refractivity contribution in [3.05, 3.63) is 12.2 Å². The molecule has 0 amide bonds. The molecule has 2 aliphatic carbocycles. The normalized spacial score (nSPS) is 59.4. The van der Waals surface area contributed by atoms with Crippen molar-refractivity contribution in [3.63, 3.8) is 0 Å². The molecule has 1 heterocycles. The molecule has 1 saturated carbocycles. The summed E-state index contributed by atoms with van der Waals surface area (Å²) < 4.78 is 0. The van der Waals surface area contributed by atoms with Crippen molar-refractivity contribution in [2.75, 3.05) is 0 Å². The van der Waals surface area contributed by atoms with Crippen LogP contribution < -0.4 is 0 Å². The molecule has 0 spiro atoms. The zero-order valence-electron chi connectivity index (χ0n) is 8.70. The molecule has 2 bridgehead atoms. The first-order valence-electron chi connectivity index (χ1n) is 5.06. The highest BCUT2D eigenvalue weighted by Crippen LogP contribution is 2.69. The number of hydrogen-bond donors (Lipinski definition) is 0. The van der Waals surface area contributed by atoms with Crippen LogP contribution in [0.15, 0.2) is 22.4 Å². The van der Waals surface area contributed by atoms with Gasteiger partial charge in [-0.15, -0.1) is 0 Å². The molecule has 0 aromatic carbocycles. The topological polar surface area (TPSA) is 24.7 Å². The molecule has 3 aliphatic rings. The molecule has 0 radical (unpaired) electrons. The number of nitrogens with zero attached hydrogens (tertiary/aromatic N) is 2. The zero-order chi connectivity index (χ0) is 9.48. The van der Waals surface area contributed by atoms with E-state index in [1.54, 1.807) is 0 Å². The Morgan fingerprint density at radius 2 is 1.23 bits per heavy atom. The van der Waals surface area contributed by atoms with Gasteiger partial charge in [-0.25, -0.2) is 0 Å². The van der Waals surface area contributed by atoms with Gasteiger partial charge in [-0.1, -0.05) is 26.0 Å². The molecule has 13 heavy (non-hydrogen) atoms. The van der Waals surface area contributed by atoms with Crippen LogP contribution in [-0.2, 0) is 0 Å². The maximum atomic E-state index is 4.52. The summed E-state index contributed by atoms with van der Waals surface area (Å²) in [5.41, 5.74) is 0.321. The van der Waals surface area contributed by atoms with Crippen LogP contribution in [0, 0.1) is 17.3 Å². The van der Waals surface area contributed by atoms with E-state index < -0.39 is 0 Å². The SMILES string of the molecule is CC12N=NC(C)(C3C=CC31)C2(C)C. The summed E-state index contributed by atoms with van der Waals surface area (Å²) in [5, 5.41) is 9.03. The standard InChI is InChI=1S/C11H16N2/c1-9(2)10(3)7-5-6-8(7)11(9,4)13-12-10/h5-8H,1-4H3. The number of hydrogen-bond acceptors (Lipinski definition) is 2. The van der Waals surface area contributed by atoms with Gasteiger partial charge in [-0.05, 0) is 13.8 Å². The van der Waals surface area contributed by atoms with E-state index in [-0.39, 0.29) is 16.5 Å². The Bertz CT molecular complexity index is 312. The van der Waals surface area contributed by atoms with Crippen molar-refractivity contribution in [2.24, 2.45) is 27.5 Å². The van der Waals surface area contributed by atoms with Gasteiger partial charge in [-0.3, -0.25) is 0 Å². The smallest absolute Gasteiger partial charge is 0.0931 e. The molecule has 3 rings (SSSR count). The predicted octanol–water partition coefficient (Wildman–Crippen LogP) is 2.81. The Labute approximate surface area is 79.1 Å². The highest BCUT2D eigenvalue weighted by molar-refractivity contribution is 5.37. The van der Waals surface area contributed by atoms with Crippen molar-refractivity contribution in [1.29, 1.82) is 0 Å². The molecule has 0 N–H and O–H groups in total. The Kier molecular flexibility index (Phi) is 0.963. The van der Waals surface area contributed by atoms with Gasteiger partial charge in [0.25, 0.3) is 0 Å². The molecule has 0 saturated heterocycles. The average molecular weight is 176 g/mol. The van der Waals surface area contributed by atoms with Crippen LogP contribution in [0.3, 0.4) is 0 Å². The molecule has 2 nitrogen and oxygen atoms in total. The van der Waals surface area contributed by atoms with Crippen LogP contribution in [0.1, 0.15) is 27.7 Å². The van der Waals surface area contributed by atoms with E-state index in [1.165, 1.54) is 0 Å². The molecular weight excluding hydrogens is 160 g/mol. The maximum Gasteiger partial charge on any atom is 0.0931 e. The van der Waals surface area contributed by atoms with Crippen LogP contribution in [0.25, 0.3) is 0 Å². The van der Waals surface area contributed by atoms with Crippen molar-refractivity contribution in [3.8, 4) is 0 Å². The Hall–Kier alpha value is -0.660. The molecule has 4 unspecified atom stereocenters. The summed E-state index contributed by atoms with van der Waals surface area (Å²) in [6, 6.07) is 0. The van der Waals surface area contributed by atoms with Gasteiger partial charge >= 0.3 is 0 Å². The van der Waals surface area contributed by atoms with Crippen molar-refractivity contribution >= 4 is 0 Å². The van der Waals surface area contributed by atoms with Crippen LogP contribution in [0.5, 0.6) is 0 Å². The summed E-state index contributed by atoms with van der Waals surface area (Å²) in [6.45, 7) is 9.14. The van der Waals surface area contributed by atoms with E-state index >= 15 is 0 Å². The molecule has 1 fully saturated rings. The fraction of sp³-hybridized carbons (Fsp3) is 0.818. The largest absolute Gasteiger partial charge is 0.186 e. The fourth-order valence-corrected chi connectivity index (χ4v) is 3.34. The summed E-state index contributed by atoms with van der Waals surface area (Å²) in [7, 11) is 0. The minimum absolute atomic E-state index is 0.0567. The average Bonchev–Trinajstić information content (AvgIpc) is 2.13. The Balaban J connectivity index is 2.26. The van der Waals surface area contributed by atoms with E-state index in [9.17, 15) is 0 Å². The lowest BCUT2D eigenvalue weighted by atomic mass is 9.69. The fourth-order valence-electron chi connectivity index (χ4n) is 3.34. The highest BCUT2D eigenvalue weighted by atomic mass is 15.3. The third-order valence-electron chi connectivity index (χ3n) is 5.21.